The van der Waals surface area contributed by atoms with E-state index < -0.39 is 6.04 Å². The number of rotatable bonds is 2. The summed E-state index contributed by atoms with van der Waals surface area (Å²) in [6, 6.07) is 10.8. The third kappa shape index (κ3) is 2.49. The standard InChI is InChI=1S/C19H17FN2O3/c1-25-16-8-9-22-17(16)18(23)21-15-7-6-11(10-13(15)19(22)24)12-4-2-3-5-14(12)20/h2-7,10,16-17H,8-9H2,1H3,(H,21,23)/t16-,17+/m1/s1. The van der Waals surface area contributed by atoms with Gasteiger partial charge in [-0.05, 0) is 30.2 Å². The van der Waals surface area contributed by atoms with Crippen LogP contribution in [0.1, 0.15) is 16.8 Å². The van der Waals surface area contributed by atoms with Crippen molar-refractivity contribution >= 4 is 17.5 Å². The highest BCUT2D eigenvalue weighted by molar-refractivity contribution is 6.11. The van der Waals surface area contributed by atoms with Crippen LogP contribution in [0, 0.1) is 5.82 Å². The molecule has 1 fully saturated rings. The highest BCUT2D eigenvalue weighted by Crippen LogP contribution is 2.33. The van der Waals surface area contributed by atoms with Gasteiger partial charge in [0.15, 0.2) is 0 Å². The number of benzene rings is 2. The third-order valence-electron chi connectivity index (χ3n) is 4.87. The molecule has 0 bridgehead atoms. The molecular weight excluding hydrogens is 323 g/mol. The lowest BCUT2D eigenvalue weighted by Crippen LogP contribution is -2.46. The quantitative estimate of drug-likeness (QED) is 0.914. The summed E-state index contributed by atoms with van der Waals surface area (Å²) in [7, 11) is 1.54. The first kappa shape index (κ1) is 15.8. The maximum absolute atomic E-state index is 14.1. The van der Waals surface area contributed by atoms with Crippen molar-refractivity contribution in [3.63, 3.8) is 0 Å². The Balaban J connectivity index is 1.79. The fourth-order valence-electron chi connectivity index (χ4n) is 3.60. The van der Waals surface area contributed by atoms with Gasteiger partial charge in [0.1, 0.15) is 11.9 Å². The second kappa shape index (κ2) is 5.97. The summed E-state index contributed by atoms with van der Waals surface area (Å²) >= 11 is 0. The van der Waals surface area contributed by atoms with Crippen LogP contribution in [0.2, 0.25) is 0 Å². The van der Waals surface area contributed by atoms with Crippen molar-refractivity contribution in [2.75, 3.05) is 19.0 Å². The highest BCUT2D eigenvalue weighted by Gasteiger charge is 2.45. The van der Waals surface area contributed by atoms with E-state index in [2.05, 4.69) is 5.32 Å². The van der Waals surface area contributed by atoms with Crippen molar-refractivity contribution in [1.82, 2.24) is 4.90 Å². The van der Waals surface area contributed by atoms with Gasteiger partial charge in [-0.2, -0.15) is 0 Å². The minimum absolute atomic E-state index is 0.240. The molecule has 2 atom stereocenters. The Morgan fingerprint density at radius 1 is 1.16 bits per heavy atom. The zero-order valence-electron chi connectivity index (χ0n) is 13.7. The van der Waals surface area contributed by atoms with E-state index in [1.165, 1.54) is 6.07 Å². The minimum Gasteiger partial charge on any atom is -0.379 e. The second-order valence-electron chi connectivity index (χ2n) is 6.24. The molecule has 2 amide bonds. The van der Waals surface area contributed by atoms with Crippen LogP contribution < -0.4 is 5.32 Å². The SMILES string of the molecule is CO[C@@H]1CCN2C(=O)c3cc(-c4ccccc4F)ccc3NC(=O)[C@H]12. The number of methoxy groups -OCH3 is 1. The van der Waals surface area contributed by atoms with Gasteiger partial charge in [0.25, 0.3) is 5.91 Å². The molecule has 5 nitrogen and oxygen atoms in total. The summed E-state index contributed by atoms with van der Waals surface area (Å²) in [6.45, 7) is 0.457. The molecule has 2 aromatic rings. The summed E-state index contributed by atoms with van der Waals surface area (Å²) in [5, 5.41) is 2.81. The molecule has 0 unspecified atom stereocenters. The van der Waals surface area contributed by atoms with Gasteiger partial charge in [-0.3, -0.25) is 9.59 Å². The number of hydrogen-bond acceptors (Lipinski definition) is 3. The predicted molar refractivity (Wildman–Crippen MR) is 90.7 cm³/mol. The average Bonchev–Trinajstić information content (AvgIpc) is 3.02. The second-order valence-corrected chi connectivity index (χ2v) is 6.24. The van der Waals surface area contributed by atoms with Gasteiger partial charge < -0.3 is 15.0 Å². The number of carbonyl (C=O) groups excluding carboxylic acids is 2. The largest absolute Gasteiger partial charge is 0.379 e. The first-order valence-electron chi connectivity index (χ1n) is 8.13. The lowest BCUT2D eigenvalue weighted by molar-refractivity contribution is -0.122. The molecule has 0 aromatic heterocycles. The molecule has 0 spiro atoms. The summed E-state index contributed by atoms with van der Waals surface area (Å²) in [4.78, 5) is 27.1. The highest BCUT2D eigenvalue weighted by atomic mass is 19.1. The zero-order valence-corrected chi connectivity index (χ0v) is 13.7. The predicted octanol–water partition coefficient (Wildman–Crippen LogP) is 2.67. The number of ether oxygens (including phenoxy) is 1. The van der Waals surface area contributed by atoms with Gasteiger partial charge >= 0.3 is 0 Å². The average molecular weight is 340 g/mol. The third-order valence-corrected chi connectivity index (χ3v) is 4.87. The van der Waals surface area contributed by atoms with Crippen molar-refractivity contribution in [2.24, 2.45) is 0 Å². The summed E-state index contributed by atoms with van der Waals surface area (Å²) in [5.41, 5.74) is 1.83. The van der Waals surface area contributed by atoms with Crippen molar-refractivity contribution in [3.8, 4) is 11.1 Å². The molecule has 6 heteroatoms. The van der Waals surface area contributed by atoms with Crippen LogP contribution in [0.4, 0.5) is 10.1 Å². The van der Waals surface area contributed by atoms with Crippen LogP contribution >= 0.6 is 0 Å². The summed E-state index contributed by atoms with van der Waals surface area (Å²) < 4.78 is 19.4. The lowest BCUT2D eigenvalue weighted by Gasteiger charge is -2.23. The molecule has 4 rings (SSSR count). The maximum atomic E-state index is 14.1. The molecule has 0 aliphatic carbocycles. The van der Waals surface area contributed by atoms with Gasteiger partial charge in [-0.15, -0.1) is 0 Å². The Hall–Kier alpha value is -2.73. The van der Waals surface area contributed by atoms with Gasteiger partial charge in [0, 0.05) is 19.2 Å². The summed E-state index contributed by atoms with van der Waals surface area (Å²) in [6.07, 6.45) is 0.298. The van der Waals surface area contributed by atoms with E-state index in [1.807, 2.05) is 0 Å². The molecule has 128 valence electrons. The molecule has 0 radical (unpaired) electrons. The van der Waals surface area contributed by atoms with Gasteiger partial charge in [0.05, 0.1) is 17.4 Å². The van der Waals surface area contributed by atoms with E-state index in [9.17, 15) is 14.0 Å². The molecule has 2 aliphatic rings. The molecule has 2 aliphatic heterocycles. The normalized spacial score (nSPS) is 22.2. The Kier molecular flexibility index (Phi) is 3.77. The molecule has 2 aromatic carbocycles. The Bertz CT molecular complexity index is 867. The Labute approximate surface area is 144 Å². The van der Waals surface area contributed by atoms with Crippen LogP contribution in [-0.4, -0.2) is 42.5 Å². The van der Waals surface area contributed by atoms with Gasteiger partial charge in [0.2, 0.25) is 5.91 Å². The van der Waals surface area contributed by atoms with E-state index in [1.54, 1.807) is 48.4 Å². The lowest BCUT2D eigenvalue weighted by atomic mass is 10.0. The van der Waals surface area contributed by atoms with E-state index in [4.69, 9.17) is 4.74 Å². The molecule has 1 N–H and O–H groups in total. The maximum Gasteiger partial charge on any atom is 0.256 e. The van der Waals surface area contributed by atoms with Crippen molar-refractivity contribution in [1.29, 1.82) is 0 Å². The number of hydrogen-bond donors (Lipinski definition) is 1. The topological polar surface area (TPSA) is 58.6 Å². The number of halogens is 1. The smallest absolute Gasteiger partial charge is 0.256 e. The van der Waals surface area contributed by atoms with Crippen molar-refractivity contribution in [2.45, 2.75) is 18.6 Å². The van der Waals surface area contributed by atoms with E-state index in [-0.39, 0.29) is 23.7 Å². The molecular formula is C19H17FN2O3. The van der Waals surface area contributed by atoms with Crippen LogP contribution in [0.5, 0.6) is 0 Å². The van der Waals surface area contributed by atoms with E-state index >= 15 is 0 Å². The fourth-order valence-corrected chi connectivity index (χ4v) is 3.60. The van der Waals surface area contributed by atoms with Crippen molar-refractivity contribution < 1.29 is 18.7 Å². The van der Waals surface area contributed by atoms with Crippen LogP contribution in [0.15, 0.2) is 42.5 Å². The van der Waals surface area contributed by atoms with Crippen molar-refractivity contribution in [3.05, 3.63) is 53.8 Å². The van der Waals surface area contributed by atoms with Crippen LogP contribution in [0.3, 0.4) is 0 Å². The Morgan fingerprint density at radius 3 is 2.72 bits per heavy atom. The number of fused-ring (bicyclic) bond motifs is 2. The number of amides is 2. The minimum atomic E-state index is -0.637. The number of anilines is 1. The number of carbonyl (C=O) groups is 2. The first-order chi connectivity index (χ1) is 12.1. The Morgan fingerprint density at radius 2 is 1.96 bits per heavy atom. The van der Waals surface area contributed by atoms with E-state index in [0.29, 0.717) is 35.3 Å². The van der Waals surface area contributed by atoms with Crippen LogP contribution in [-0.2, 0) is 9.53 Å². The number of nitrogens with zero attached hydrogens (tertiary/aromatic N) is 1. The van der Waals surface area contributed by atoms with E-state index in [0.717, 1.165) is 0 Å². The molecule has 1 saturated heterocycles. The first-order valence-corrected chi connectivity index (χ1v) is 8.13. The summed E-state index contributed by atoms with van der Waals surface area (Å²) in [5.74, 6) is -0.850. The fraction of sp³-hybridized carbons (Fsp3) is 0.263. The molecule has 0 saturated carbocycles. The number of nitrogens with one attached hydrogen (secondary N) is 1. The monoisotopic (exact) mass is 340 g/mol. The molecule has 2 heterocycles. The molecule has 25 heavy (non-hydrogen) atoms. The van der Waals surface area contributed by atoms with Gasteiger partial charge in [-0.1, -0.05) is 24.3 Å². The zero-order chi connectivity index (χ0) is 17.6. The van der Waals surface area contributed by atoms with Gasteiger partial charge in [-0.25, -0.2) is 4.39 Å². The van der Waals surface area contributed by atoms with Crippen LogP contribution in [0.25, 0.3) is 11.1 Å².